The van der Waals surface area contributed by atoms with E-state index in [4.69, 9.17) is 18.9 Å². The van der Waals surface area contributed by atoms with Crippen LogP contribution in [0.4, 0.5) is 0 Å². The van der Waals surface area contributed by atoms with E-state index in [0.29, 0.717) is 49.9 Å². The number of nitrogens with zero attached hydrogens (tertiary/aromatic N) is 3. The lowest BCUT2D eigenvalue weighted by atomic mass is 9.96. The van der Waals surface area contributed by atoms with Gasteiger partial charge in [0.15, 0.2) is 11.5 Å². The van der Waals surface area contributed by atoms with Crippen LogP contribution in [-0.4, -0.2) is 112 Å². The molecule has 3 amide bonds. The summed E-state index contributed by atoms with van der Waals surface area (Å²) >= 11 is 0. The third-order valence-corrected chi connectivity index (χ3v) is 8.69. The third-order valence-electron chi connectivity index (χ3n) is 8.69. The van der Waals surface area contributed by atoms with Crippen LogP contribution in [0.15, 0.2) is 42.5 Å². The standard InChI is InChI=1S/C33H44N4O7/c1-35-13-11-25(12-14-35)33(40)37-19-27-30(20-37)43-22-24-5-4-6-26(17-24)44-29-18-23(7-9-28(29)42-3)8-10-32(39)36(15-16-41-2)21-31(38)34-27/h4-7,9,17-18,25,27,30H,8,10-16,19-22H2,1-3H3,(H,34,38)/t27-,30-/m0/s1. The van der Waals surface area contributed by atoms with Gasteiger partial charge in [-0.25, -0.2) is 0 Å². The summed E-state index contributed by atoms with van der Waals surface area (Å²) in [5.74, 6) is 1.41. The fourth-order valence-electron chi connectivity index (χ4n) is 6.09. The molecule has 3 aliphatic rings. The Kier molecular flexibility index (Phi) is 10.7. The Morgan fingerprint density at radius 3 is 2.61 bits per heavy atom. The van der Waals surface area contributed by atoms with Crippen LogP contribution < -0.4 is 14.8 Å². The van der Waals surface area contributed by atoms with Crippen molar-refractivity contribution in [2.45, 2.75) is 44.4 Å². The molecular formula is C33H44N4O7. The van der Waals surface area contributed by atoms with Crippen LogP contribution in [0, 0.1) is 5.92 Å². The molecular weight excluding hydrogens is 564 g/mol. The molecule has 0 radical (unpaired) electrons. The quantitative estimate of drug-likeness (QED) is 0.552. The molecule has 11 nitrogen and oxygen atoms in total. The predicted octanol–water partition coefficient (Wildman–Crippen LogP) is 2.46. The van der Waals surface area contributed by atoms with Gasteiger partial charge >= 0.3 is 0 Å². The van der Waals surface area contributed by atoms with Gasteiger partial charge < -0.3 is 39.0 Å². The van der Waals surface area contributed by atoms with E-state index in [1.165, 1.54) is 4.90 Å². The highest BCUT2D eigenvalue weighted by Gasteiger charge is 2.39. The lowest BCUT2D eigenvalue weighted by molar-refractivity contribution is -0.137. The maximum absolute atomic E-state index is 13.5. The van der Waals surface area contributed by atoms with Gasteiger partial charge in [0.25, 0.3) is 0 Å². The Hall–Kier alpha value is -3.67. The van der Waals surface area contributed by atoms with Gasteiger partial charge in [-0.1, -0.05) is 18.2 Å². The number of hydrogen-bond donors (Lipinski definition) is 1. The zero-order chi connectivity index (χ0) is 31.1. The van der Waals surface area contributed by atoms with E-state index in [1.54, 1.807) is 14.2 Å². The van der Waals surface area contributed by atoms with Crippen molar-refractivity contribution in [2.75, 3.05) is 67.1 Å². The Labute approximate surface area is 259 Å². The number of likely N-dealkylation sites (tertiary alicyclic amines) is 2. The number of benzene rings is 2. The van der Waals surface area contributed by atoms with Crippen LogP contribution in [0.25, 0.3) is 0 Å². The number of fused-ring (bicyclic) bond motifs is 5. The predicted molar refractivity (Wildman–Crippen MR) is 164 cm³/mol. The van der Waals surface area contributed by atoms with Crippen molar-refractivity contribution in [1.29, 1.82) is 0 Å². The second-order valence-corrected chi connectivity index (χ2v) is 11.9. The van der Waals surface area contributed by atoms with Crippen LogP contribution in [0.2, 0.25) is 0 Å². The van der Waals surface area contributed by atoms with Crippen molar-refractivity contribution in [1.82, 2.24) is 20.0 Å². The van der Waals surface area contributed by atoms with Gasteiger partial charge in [0, 0.05) is 39.1 Å². The van der Waals surface area contributed by atoms with Gasteiger partial charge in [0.1, 0.15) is 5.75 Å². The molecule has 0 saturated carbocycles. The van der Waals surface area contributed by atoms with Crippen molar-refractivity contribution >= 4 is 17.7 Å². The van der Waals surface area contributed by atoms with E-state index in [1.807, 2.05) is 47.4 Å². The fourth-order valence-corrected chi connectivity index (χ4v) is 6.09. The molecule has 2 aromatic carbocycles. The molecule has 4 bridgehead atoms. The minimum Gasteiger partial charge on any atom is -0.493 e. The molecule has 0 unspecified atom stereocenters. The number of nitrogens with one attached hydrogen (secondary N) is 1. The molecule has 2 fully saturated rings. The maximum atomic E-state index is 13.5. The largest absolute Gasteiger partial charge is 0.493 e. The lowest BCUT2D eigenvalue weighted by Crippen LogP contribution is -2.49. The van der Waals surface area contributed by atoms with Crippen LogP contribution in [-0.2, 0) is 36.9 Å². The van der Waals surface area contributed by atoms with Gasteiger partial charge in [-0.3, -0.25) is 14.4 Å². The molecule has 0 spiro atoms. The molecule has 0 aliphatic carbocycles. The molecule has 3 heterocycles. The molecule has 2 aromatic rings. The van der Waals surface area contributed by atoms with Crippen molar-refractivity contribution in [3.63, 3.8) is 0 Å². The molecule has 2 saturated heterocycles. The normalized spacial score (nSPS) is 22.4. The first-order valence-electron chi connectivity index (χ1n) is 15.4. The van der Waals surface area contributed by atoms with Crippen molar-refractivity contribution in [3.05, 3.63) is 53.6 Å². The van der Waals surface area contributed by atoms with Gasteiger partial charge in [-0.05, 0) is 74.8 Å². The minimum atomic E-state index is -0.405. The van der Waals surface area contributed by atoms with E-state index >= 15 is 0 Å². The highest BCUT2D eigenvalue weighted by Crippen LogP contribution is 2.33. The monoisotopic (exact) mass is 608 g/mol. The highest BCUT2D eigenvalue weighted by molar-refractivity contribution is 5.85. The van der Waals surface area contributed by atoms with Crippen LogP contribution in [0.1, 0.15) is 30.4 Å². The summed E-state index contributed by atoms with van der Waals surface area (Å²) in [5, 5.41) is 3.09. The number of amides is 3. The number of hydrogen-bond acceptors (Lipinski definition) is 8. The second-order valence-electron chi connectivity index (χ2n) is 11.9. The molecule has 11 heteroatoms. The van der Waals surface area contributed by atoms with Crippen LogP contribution in [0.3, 0.4) is 0 Å². The van der Waals surface area contributed by atoms with E-state index in [9.17, 15) is 14.4 Å². The Bertz CT molecular complexity index is 1310. The van der Waals surface area contributed by atoms with Crippen LogP contribution in [0.5, 0.6) is 17.2 Å². The fraction of sp³-hybridized carbons (Fsp3) is 0.545. The first-order chi connectivity index (χ1) is 21.3. The summed E-state index contributed by atoms with van der Waals surface area (Å²) in [5.41, 5.74) is 1.81. The summed E-state index contributed by atoms with van der Waals surface area (Å²) in [6.07, 6.45) is 1.93. The molecule has 1 N–H and O–H groups in total. The number of piperidine rings is 1. The molecule has 5 rings (SSSR count). The number of carbonyl (C=O) groups is 3. The highest BCUT2D eigenvalue weighted by atomic mass is 16.5. The summed E-state index contributed by atoms with van der Waals surface area (Å²) in [6, 6.07) is 12.9. The average molecular weight is 609 g/mol. The van der Waals surface area contributed by atoms with E-state index < -0.39 is 12.1 Å². The van der Waals surface area contributed by atoms with E-state index in [2.05, 4.69) is 17.3 Å². The molecule has 2 atom stereocenters. The van der Waals surface area contributed by atoms with Gasteiger partial charge in [-0.2, -0.15) is 0 Å². The number of rotatable bonds is 5. The Balaban J connectivity index is 1.39. The second kappa shape index (κ2) is 14.9. The van der Waals surface area contributed by atoms with Crippen molar-refractivity contribution < 1.29 is 33.3 Å². The summed E-state index contributed by atoms with van der Waals surface area (Å²) in [7, 11) is 5.23. The molecule has 238 valence electrons. The third kappa shape index (κ3) is 8.08. The average Bonchev–Trinajstić information content (AvgIpc) is 3.43. The number of aryl methyl sites for hydroxylation is 1. The van der Waals surface area contributed by atoms with Gasteiger partial charge in [0.05, 0.1) is 39.0 Å². The SMILES string of the molecule is COCCN1CC(=O)N[C@H]2CN(C(=O)C3CCN(C)CC3)C[C@@H]2OCc2cccc(c2)Oc2cc(ccc2OC)CCC1=O. The van der Waals surface area contributed by atoms with Crippen LogP contribution >= 0.6 is 0 Å². The number of carbonyl (C=O) groups excluding carboxylic acids is 3. The number of ether oxygens (including phenoxy) is 4. The Morgan fingerprint density at radius 1 is 1.02 bits per heavy atom. The molecule has 3 aliphatic heterocycles. The zero-order valence-electron chi connectivity index (χ0n) is 26.0. The first-order valence-corrected chi connectivity index (χ1v) is 15.4. The van der Waals surface area contributed by atoms with Gasteiger partial charge in [0.2, 0.25) is 17.7 Å². The molecule has 0 aromatic heterocycles. The lowest BCUT2D eigenvalue weighted by Gasteiger charge is -2.30. The summed E-state index contributed by atoms with van der Waals surface area (Å²) in [4.78, 5) is 45.8. The Morgan fingerprint density at radius 2 is 1.84 bits per heavy atom. The summed E-state index contributed by atoms with van der Waals surface area (Å²) < 4.78 is 23.4. The van der Waals surface area contributed by atoms with E-state index in [0.717, 1.165) is 37.1 Å². The molecule has 44 heavy (non-hydrogen) atoms. The smallest absolute Gasteiger partial charge is 0.239 e. The van der Waals surface area contributed by atoms with E-state index in [-0.39, 0.29) is 43.2 Å². The van der Waals surface area contributed by atoms with Gasteiger partial charge in [-0.15, -0.1) is 0 Å². The summed E-state index contributed by atoms with van der Waals surface area (Å²) in [6.45, 7) is 3.32. The first kappa shape index (κ1) is 31.7. The zero-order valence-corrected chi connectivity index (χ0v) is 26.0. The number of methoxy groups -OCH3 is 2. The topological polar surface area (TPSA) is 110 Å². The van der Waals surface area contributed by atoms with Crippen molar-refractivity contribution in [2.24, 2.45) is 5.92 Å². The van der Waals surface area contributed by atoms with Crippen molar-refractivity contribution in [3.8, 4) is 17.2 Å². The minimum absolute atomic E-state index is 0.0263. The maximum Gasteiger partial charge on any atom is 0.239 e.